The maximum Gasteiger partial charge on any atom is 0.146 e. The van der Waals surface area contributed by atoms with Crippen LogP contribution in [0.15, 0.2) is 47.8 Å². The van der Waals surface area contributed by atoms with Crippen LogP contribution in [0.4, 0.5) is 5.82 Å². The van der Waals surface area contributed by atoms with Crippen molar-refractivity contribution in [1.29, 1.82) is 0 Å². The molecule has 2 rings (SSSR count). The third kappa shape index (κ3) is 5.06. The Morgan fingerprint density at radius 1 is 1.20 bits per heavy atom. The summed E-state index contributed by atoms with van der Waals surface area (Å²) in [7, 11) is 0. The van der Waals surface area contributed by atoms with Gasteiger partial charge in [-0.1, -0.05) is 30.3 Å². The number of nitrogens with zero attached hydrogens (tertiary/aromatic N) is 2. The number of aromatic nitrogens is 2. The minimum Gasteiger partial charge on any atom is -0.365 e. The summed E-state index contributed by atoms with van der Waals surface area (Å²) in [6.07, 6.45) is 5.71. The van der Waals surface area contributed by atoms with E-state index in [0.29, 0.717) is 6.04 Å². The highest BCUT2D eigenvalue weighted by molar-refractivity contribution is 7.98. The lowest BCUT2D eigenvalue weighted by Crippen LogP contribution is -2.18. The van der Waals surface area contributed by atoms with E-state index in [1.54, 1.807) is 18.0 Å². The lowest BCUT2D eigenvalue weighted by atomic mass is 10.2. The molecule has 0 aliphatic heterocycles. The fraction of sp³-hybridized carbons (Fsp3) is 0.333. The van der Waals surface area contributed by atoms with Crippen molar-refractivity contribution in [3.63, 3.8) is 0 Å². The number of anilines is 1. The standard InChI is InChI=1S/C15H19N3S2/c1-12(10-19-2)17-14-8-16-9-15(18-14)20-11-13-6-4-3-5-7-13/h3-9,12H,10-11H2,1-2H3,(H,17,18). The first kappa shape index (κ1) is 15.2. The van der Waals surface area contributed by atoms with Crippen LogP contribution >= 0.6 is 23.5 Å². The summed E-state index contributed by atoms with van der Waals surface area (Å²) in [6, 6.07) is 10.8. The average Bonchev–Trinajstić information content (AvgIpc) is 2.47. The summed E-state index contributed by atoms with van der Waals surface area (Å²) in [5.41, 5.74) is 1.30. The van der Waals surface area contributed by atoms with E-state index in [0.717, 1.165) is 22.3 Å². The molecule has 0 radical (unpaired) electrons. The van der Waals surface area contributed by atoms with Crippen LogP contribution in [-0.4, -0.2) is 28.0 Å². The molecule has 0 spiro atoms. The molecule has 1 atom stereocenters. The first-order valence-electron chi connectivity index (χ1n) is 6.52. The van der Waals surface area contributed by atoms with E-state index in [1.807, 2.05) is 24.0 Å². The molecule has 3 nitrogen and oxygen atoms in total. The highest BCUT2D eigenvalue weighted by Crippen LogP contribution is 2.21. The third-order valence-corrected chi connectivity index (χ3v) is 4.46. The van der Waals surface area contributed by atoms with Gasteiger partial charge in [0.15, 0.2) is 0 Å². The molecule has 20 heavy (non-hydrogen) atoms. The van der Waals surface area contributed by atoms with Gasteiger partial charge in [0.25, 0.3) is 0 Å². The maximum atomic E-state index is 4.59. The Bertz CT molecular complexity index is 520. The second kappa shape index (κ2) is 8.17. The van der Waals surface area contributed by atoms with Crippen molar-refractivity contribution in [1.82, 2.24) is 9.97 Å². The molecule has 1 unspecified atom stereocenters. The van der Waals surface area contributed by atoms with E-state index in [1.165, 1.54) is 5.56 Å². The number of thioether (sulfide) groups is 2. The summed E-state index contributed by atoms with van der Waals surface area (Å²) in [5.74, 6) is 2.83. The Balaban J connectivity index is 1.92. The second-order valence-corrected chi connectivity index (χ2v) is 6.42. The molecule has 106 valence electrons. The van der Waals surface area contributed by atoms with Crippen molar-refractivity contribution in [3.05, 3.63) is 48.3 Å². The Hall–Kier alpha value is -1.20. The van der Waals surface area contributed by atoms with Crippen LogP contribution < -0.4 is 5.32 Å². The first-order valence-corrected chi connectivity index (χ1v) is 8.90. The molecule has 5 heteroatoms. The highest BCUT2D eigenvalue weighted by atomic mass is 32.2. The number of benzene rings is 1. The Labute approximate surface area is 129 Å². The fourth-order valence-corrected chi connectivity index (χ4v) is 3.15. The molecule has 1 aromatic heterocycles. The molecule has 0 saturated carbocycles. The van der Waals surface area contributed by atoms with Gasteiger partial charge in [0.2, 0.25) is 0 Å². The van der Waals surface area contributed by atoms with Crippen molar-refractivity contribution in [2.24, 2.45) is 0 Å². The Morgan fingerprint density at radius 3 is 2.75 bits per heavy atom. The fourth-order valence-electron chi connectivity index (χ4n) is 1.76. The molecular weight excluding hydrogens is 286 g/mol. The van der Waals surface area contributed by atoms with Crippen LogP contribution in [0.1, 0.15) is 12.5 Å². The Morgan fingerprint density at radius 2 is 2.00 bits per heavy atom. The van der Waals surface area contributed by atoms with E-state index in [4.69, 9.17) is 0 Å². The summed E-state index contributed by atoms with van der Waals surface area (Å²) in [5, 5.41) is 4.33. The molecule has 0 aliphatic rings. The summed E-state index contributed by atoms with van der Waals surface area (Å²) in [6.45, 7) is 2.15. The second-order valence-electron chi connectivity index (χ2n) is 4.52. The van der Waals surface area contributed by atoms with Gasteiger partial charge in [0, 0.05) is 17.5 Å². The molecule has 0 saturated heterocycles. The molecule has 1 N–H and O–H groups in total. The third-order valence-electron chi connectivity index (χ3n) is 2.65. The van der Waals surface area contributed by atoms with E-state index >= 15 is 0 Å². The molecule has 0 fully saturated rings. The maximum absolute atomic E-state index is 4.59. The number of hydrogen-bond donors (Lipinski definition) is 1. The molecule has 0 aliphatic carbocycles. The summed E-state index contributed by atoms with van der Waals surface area (Å²) in [4.78, 5) is 8.85. The number of rotatable bonds is 7. The van der Waals surface area contributed by atoms with Crippen molar-refractivity contribution < 1.29 is 0 Å². The van der Waals surface area contributed by atoms with Gasteiger partial charge in [0.05, 0.1) is 12.4 Å². The van der Waals surface area contributed by atoms with Crippen LogP contribution in [0.3, 0.4) is 0 Å². The average molecular weight is 305 g/mol. The predicted octanol–water partition coefficient (Wildman–Crippen LogP) is 3.93. The van der Waals surface area contributed by atoms with Gasteiger partial charge in [-0.3, -0.25) is 4.98 Å². The zero-order chi connectivity index (χ0) is 14.2. The quantitative estimate of drug-likeness (QED) is 0.785. The van der Waals surface area contributed by atoms with E-state index in [9.17, 15) is 0 Å². The minimum absolute atomic E-state index is 0.397. The van der Waals surface area contributed by atoms with Gasteiger partial charge in [-0.05, 0) is 18.7 Å². The van der Waals surface area contributed by atoms with Crippen LogP contribution in [-0.2, 0) is 5.75 Å². The van der Waals surface area contributed by atoms with Gasteiger partial charge in [-0.2, -0.15) is 11.8 Å². The van der Waals surface area contributed by atoms with Crippen molar-refractivity contribution in [3.8, 4) is 0 Å². The minimum atomic E-state index is 0.397. The van der Waals surface area contributed by atoms with Crippen LogP contribution in [0.2, 0.25) is 0 Å². The number of nitrogens with one attached hydrogen (secondary N) is 1. The lowest BCUT2D eigenvalue weighted by molar-refractivity contribution is 0.888. The van der Waals surface area contributed by atoms with Gasteiger partial charge in [-0.15, -0.1) is 11.8 Å². The molecule has 2 aromatic rings. The number of hydrogen-bond acceptors (Lipinski definition) is 5. The molecular formula is C15H19N3S2. The van der Waals surface area contributed by atoms with Gasteiger partial charge >= 0.3 is 0 Å². The summed E-state index contributed by atoms with van der Waals surface area (Å²) >= 11 is 3.53. The summed E-state index contributed by atoms with van der Waals surface area (Å²) < 4.78 is 0. The SMILES string of the molecule is CSCC(C)Nc1cncc(SCc2ccccc2)n1. The van der Waals surface area contributed by atoms with Crippen molar-refractivity contribution >= 4 is 29.3 Å². The van der Waals surface area contributed by atoms with Gasteiger partial charge < -0.3 is 5.32 Å². The topological polar surface area (TPSA) is 37.8 Å². The molecule has 1 aromatic carbocycles. The zero-order valence-corrected chi connectivity index (χ0v) is 13.4. The smallest absolute Gasteiger partial charge is 0.146 e. The molecule has 0 amide bonds. The van der Waals surface area contributed by atoms with Crippen LogP contribution in [0.5, 0.6) is 0 Å². The van der Waals surface area contributed by atoms with E-state index in [-0.39, 0.29) is 0 Å². The van der Waals surface area contributed by atoms with Crippen molar-refractivity contribution in [2.75, 3.05) is 17.3 Å². The largest absolute Gasteiger partial charge is 0.365 e. The van der Waals surface area contributed by atoms with Gasteiger partial charge in [-0.25, -0.2) is 4.98 Å². The van der Waals surface area contributed by atoms with Gasteiger partial charge in [0.1, 0.15) is 10.8 Å². The molecule has 0 bridgehead atoms. The lowest BCUT2D eigenvalue weighted by Gasteiger charge is -2.13. The highest BCUT2D eigenvalue weighted by Gasteiger charge is 2.04. The monoisotopic (exact) mass is 305 g/mol. The predicted molar refractivity (Wildman–Crippen MR) is 89.5 cm³/mol. The zero-order valence-electron chi connectivity index (χ0n) is 11.7. The van der Waals surface area contributed by atoms with Crippen LogP contribution in [0, 0.1) is 0 Å². The Kier molecular flexibility index (Phi) is 6.21. The van der Waals surface area contributed by atoms with Crippen molar-refractivity contribution in [2.45, 2.75) is 23.7 Å². The van der Waals surface area contributed by atoms with E-state index in [2.05, 4.69) is 52.7 Å². The normalized spacial score (nSPS) is 12.1. The first-order chi connectivity index (χ1) is 9.78. The van der Waals surface area contributed by atoms with E-state index < -0.39 is 0 Å². The molecule has 1 heterocycles. The van der Waals surface area contributed by atoms with Crippen LogP contribution in [0.25, 0.3) is 0 Å².